The van der Waals surface area contributed by atoms with Crippen molar-refractivity contribution in [3.05, 3.63) is 36.4 Å². The number of primary amides is 1. The number of imidazole rings is 2. The Kier molecular flexibility index (Phi) is 17.0. The van der Waals surface area contributed by atoms with Crippen molar-refractivity contribution in [3.8, 4) is 0 Å². The summed E-state index contributed by atoms with van der Waals surface area (Å²) in [6.45, 7) is -0.0527. The van der Waals surface area contributed by atoms with Crippen LogP contribution in [0.2, 0.25) is 0 Å². The third-order valence-electron chi connectivity index (χ3n) is 7.33. The number of hydrogen-bond donors (Lipinski definition) is 12. The van der Waals surface area contributed by atoms with Crippen molar-refractivity contribution in [1.82, 2.24) is 46.5 Å². The zero-order chi connectivity index (χ0) is 37.2. The first-order valence-corrected chi connectivity index (χ1v) is 15.7. The highest BCUT2D eigenvalue weighted by Crippen LogP contribution is 2.07. The normalized spacial score (nSPS) is 14.6. The monoisotopic (exact) mass is 707 g/mol. The van der Waals surface area contributed by atoms with Gasteiger partial charge >= 0.3 is 5.97 Å². The van der Waals surface area contributed by atoms with Crippen LogP contribution in [-0.4, -0.2) is 126 Å². The van der Waals surface area contributed by atoms with Gasteiger partial charge in [0.1, 0.15) is 30.2 Å². The smallest absolute Gasteiger partial charge is 0.328 e. The predicted molar refractivity (Wildman–Crippen MR) is 172 cm³/mol. The van der Waals surface area contributed by atoms with Gasteiger partial charge in [-0.2, -0.15) is 0 Å². The quantitative estimate of drug-likeness (QED) is 0.0516. The lowest BCUT2D eigenvalue weighted by Gasteiger charge is -2.26. The average Bonchev–Trinajstić information content (AvgIpc) is 3.80. The number of nitrogens with zero attached hydrogens (tertiary/aromatic N) is 2. The molecular weight excluding hydrogens is 662 g/mol. The average molecular weight is 708 g/mol. The molecule has 0 bridgehead atoms. The lowest BCUT2D eigenvalue weighted by molar-refractivity contribution is -0.143. The summed E-state index contributed by atoms with van der Waals surface area (Å²) in [5.41, 5.74) is 12.0. The Morgan fingerprint density at radius 1 is 0.700 bits per heavy atom. The van der Waals surface area contributed by atoms with Crippen LogP contribution < -0.4 is 38.1 Å². The van der Waals surface area contributed by atoms with Crippen LogP contribution in [0.5, 0.6) is 0 Å². The van der Waals surface area contributed by atoms with Crippen LogP contribution in [0.25, 0.3) is 0 Å². The lowest BCUT2D eigenvalue weighted by Crippen LogP contribution is -2.60. The predicted octanol–water partition coefficient (Wildman–Crippen LogP) is -4.81. The molecule has 2 rings (SSSR count). The fourth-order valence-electron chi connectivity index (χ4n) is 4.50. The first kappa shape index (κ1) is 40.8. The van der Waals surface area contributed by atoms with Gasteiger partial charge in [-0.25, -0.2) is 14.8 Å². The van der Waals surface area contributed by atoms with E-state index in [2.05, 4.69) is 41.2 Å². The number of aliphatic hydroxyl groups is 2. The van der Waals surface area contributed by atoms with Gasteiger partial charge in [0.2, 0.25) is 35.4 Å². The molecule has 21 heteroatoms. The van der Waals surface area contributed by atoms with E-state index in [1.54, 1.807) is 0 Å². The van der Waals surface area contributed by atoms with Crippen molar-refractivity contribution in [2.75, 3.05) is 13.2 Å². The minimum Gasteiger partial charge on any atom is -0.480 e. The second kappa shape index (κ2) is 20.8. The second-order valence-corrected chi connectivity index (χ2v) is 11.3. The van der Waals surface area contributed by atoms with Gasteiger partial charge in [0.15, 0.2) is 0 Å². The Balaban J connectivity index is 2.31. The molecule has 0 saturated heterocycles. The van der Waals surface area contributed by atoms with Crippen LogP contribution in [-0.2, 0) is 46.4 Å². The zero-order valence-corrected chi connectivity index (χ0v) is 27.4. The zero-order valence-electron chi connectivity index (χ0n) is 27.4. The molecule has 2 aromatic heterocycles. The molecular formula is C29H45N11O10. The van der Waals surface area contributed by atoms with Crippen molar-refractivity contribution >= 4 is 41.4 Å². The molecule has 0 radical (unpaired) electrons. The number of nitrogens with one attached hydrogen (secondary N) is 7. The Bertz CT molecular complexity index is 1420. The van der Waals surface area contributed by atoms with Crippen LogP contribution in [0.1, 0.15) is 50.4 Å². The molecule has 6 amide bonds. The largest absolute Gasteiger partial charge is 0.480 e. The number of hydrogen-bond acceptors (Lipinski definition) is 12. The summed E-state index contributed by atoms with van der Waals surface area (Å²) >= 11 is 0. The molecule has 0 aromatic carbocycles. The number of carboxylic acids is 1. The summed E-state index contributed by atoms with van der Waals surface area (Å²) < 4.78 is 0. The number of carboxylic acid groups (broad SMARTS) is 1. The second-order valence-electron chi connectivity index (χ2n) is 11.3. The SMILES string of the molecule is CCCC[C@H](N)C(=O)N[C@@H](Cc1c[nH]cn1)C(=O)N[C@@H](Cc1c[nH]cn1)C(=O)N[C@@H](CCC(N)=O)C(=O)N[C@@H](CO)C(=O)N[C@@H](CO)C(=O)O. The molecule has 2 aromatic rings. The molecule has 0 aliphatic heterocycles. The van der Waals surface area contributed by atoms with E-state index in [4.69, 9.17) is 16.6 Å². The highest BCUT2D eigenvalue weighted by atomic mass is 16.4. The Morgan fingerprint density at radius 2 is 1.14 bits per heavy atom. The van der Waals surface area contributed by atoms with Gasteiger partial charge in [-0.3, -0.25) is 28.8 Å². The molecule has 50 heavy (non-hydrogen) atoms. The number of carbonyl (C=O) groups excluding carboxylic acids is 6. The van der Waals surface area contributed by atoms with E-state index in [-0.39, 0.29) is 19.3 Å². The lowest BCUT2D eigenvalue weighted by atomic mass is 10.0. The highest BCUT2D eigenvalue weighted by Gasteiger charge is 2.33. The van der Waals surface area contributed by atoms with Gasteiger partial charge < -0.3 is 63.3 Å². The first-order valence-electron chi connectivity index (χ1n) is 15.7. The van der Waals surface area contributed by atoms with Gasteiger partial charge in [-0.15, -0.1) is 0 Å². The molecule has 0 fully saturated rings. The molecule has 0 unspecified atom stereocenters. The molecule has 0 saturated carbocycles. The topological polar surface area (TPSA) is 350 Å². The molecule has 276 valence electrons. The third-order valence-corrected chi connectivity index (χ3v) is 7.33. The Morgan fingerprint density at radius 3 is 1.58 bits per heavy atom. The number of aliphatic hydroxyl groups excluding tert-OH is 2. The van der Waals surface area contributed by atoms with E-state index in [0.29, 0.717) is 24.2 Å². The van der Waals surface area contributed by atoms with Crippen LogP contribution in [0.15, 0.2) is 25.0 Å². The number of nitrogens with two attached hydrogens (primary N) is 2. The van der Waals surface area contributed by atoms with Gasteiger partial charge in [0.05, 0.1) is 43.3 Å². The summed E-state index contributed by atoms with van der Waals surface area (Å²) in [6.07, 6.45) is 6.47. The minimum atomic E-state index is -1.74. The molecule has 14 N–H and O–H groups in total. The van der Waals surface area contributed by atoms with Gasteiger partial charge in [0, 0.05) is 31.7 Å². The number of amides is 6. The Labute approximate surface area is 286 Å². The first-order chi connectivity index (χ1) is 23.8. The van der Waals surface area contributed by atoms with Crippen LogP contribution in [0.3, 0.4) is 0 Å². The van der Waals surface area contributed by atoms with E-state index in [9.17, 15) is 43.8 Å². The van der Waals surface area contributed by atoms with E-state index in [1.165, 1.54) is 25.0 Å². The summed E-state index contributed by atoms with van der Waals surface area (Å²) in [6, 6.07) is -8.57. The minimum absolute atomic E-state index is 0.0778. The summed E-state index contributed by atoms with van der Waals surface area (Å²) in [4.78, 5) is 102. The maximum absolute atomic E-state index is 13.7. The van der Waals surface area contributed by atoms with Crippen molar-refractivity contribution in [2.24, 2.45) is 11.5 Å². The molecule has 0 aliphatic rings. The number of aliphatic carboxylic acids is 1. The van der Waals surface area contributed by atoms with Gasteiger partial charge in [0.25, 0.3) is 0 Å². The van der Waals surface area contributed by atoms with Crippen LogP contribution >= 0.6 is 0 Å². The number of carbonyl (C=O) groups is 7. The standard InChI is InChI=1S/C29H45N11O10/c1-2-3-4-17(30)24(44)37-19(7-15-9-32-13-34-15)27(47)38-20(8-16-10-33-14-35-16)26(46)36-18(5-6-23(31)43)25(45)39-21(11-41)28(48)40-22(12-42)29(49)50/h9-10,13-14,17-22,41-42H,2-8,11-12,30H2,1H3,(H2,31,43)(H,32,34)(H,33,35)(H,36,46)(H,37,44)(H,38,47)(H,39,45)(H,40,48)(H,49,50)/t17-,18-,19-,20-,21-,22-/m0/s1. The molecule has 0 aliphatic carbocycles. The molecule has 21 nitrogen and oxygen atoms in total. The number of unbranched alkanes of at least 4 members (excludes halogenated alkanes) is 1. The maximum Gasteiger partial charge on any atom is 0.328 e. The number of aromatic amines is 2. The Hall–Kier alpha value is -5.41. The van der Waals surface area contributed by atoms with Crippen molar-refractivity contribution in [3.63, 3.8) is 0 Å². The molecule has 2 heterocycles. The molecule has 0 spiro atoms. The van der Waals surface area contributed by atoms with Gasteiger partial charge in [-0.05, 0) is 12.8 Å². The van der Waals surface area contributed by atoms with Crippen LogP contribution in [0, 0.1) is 0 Å². The summed E-state index contributed by atoms with van der Waals surface area (Å²) in [7, 11) is 0. The summed E-state index contributed by atoms with van der Waals surface area (Å²) in [5, 5.41) is 39.7. The van der Waals surface area contributed by atoms with Crippen molar-refractivity contribution in [1.29, 1.82) is 0 Å². The van der Waals surface area contributed by atoms with E-state index in [0.717, 1.165) is 6.42 Å². The van der Waals surface area contributed by atoms with Crippen molar-refractivity contribution in [2.45, 2.75) is 88.1 Å². The van der Waals surface area contributed by atoms with E-state index >= 15 is 0 Å². The number of rotatable bonds is 23. The fourth-order valence-corrected chi connectivity index (χ4v) is 4.50. The summed E-state index contributed by atoms with van der Waals surface area (Å²) in [5.74, 6) is -6.98. The maximum atomic E-state index is 13.7. The number of aromatic nitrogens is 4. The third kappa shape index (κ3) is 13.6. The van der Waals surface area contributed by atoms with E-state index < -0.39 is 97.3 Å². The number of H-pyrrole nitrogens is 2. The fraction of sp³-hybridized carbons (Fsp3) is 0.552. The van der Waals surface area contributed by atoms with Gasteiger partial charge in [-0.1, -0.05) is 19.8 Å². The van der Waals surface area contributed by atoms with Crippen LogP contribution in [0.4, 0.5) is 0 Å². The van der Waals surface area contributed by atoms with Crippen molar-refractivity contribution < 1.29 is 48.9 Å². The van der Waals surface area contributed by atoms with E-state index in [1.807, 2.05) is 12.2 Å². The molecule has 6 atom stereocenters. The highest BCUT2D eigenvalue weighted by molar-refractivity contribution is 5.96.